The molecule has 0 spiro atoms. The van der Waals surface area contributed by atoms with E-state index in [-0.39, 0.29) is 5.78 Å². The minimum Gasteiger partial charge on any atom is -0.444 e. The van der Waals surface area contributed by atoms with Crippen molar-refractivity contribution in [1.29, 1.82) is 0 Å². The highest BCUT2D eigenvalue weighted by molar-refractivity contribution is 5.98. The SMILES string of the molecule is CC(C)(C)OC(=O)Nc1ccc(C(=O)Cc2ccccc2)cc1. The molecule has 1 amide bonds. The quantitative estimate of drug-likeness (QED) is 0.848. The molecule has 0 aliphatic rings. The summed E-state index contributed by atoms with van der Waals surface area (Å²) in [4.78, 5) is 23.9. The van der Waals surface area contributed by atoms with Gasteiger partial charge in [-0.25, -0.2) is 4.79 Å². The normalized spacial score (nSPS) is 10.9. The predicted octanol–water partition coefficient (Wildman–Crippen LogP) is 4.46. The van der Waals surface area contributed by atoms with Crippen molar-refractivity contribution in [3.63, 3.8) is 0 Å². The van der Waals surface area contributed by atoms with Crippen molar-refractivity contribution in [2.75, 3.05) is 5.32 Å². The van der Waals surface area contributed by atoms with E-state index < -0.39 is 11.7 Å². The summed E-state index contributed by atoms with van der Waals surface area (Å²) in [5.74, 6) is 0.0417. The third-order valence-corrected chi connectivity index (χ3v) is 3.06. The lowest BCUT2D eigenvalue weighted by Crippen LogP contribution is -2.27. The first-order chi connectivity index (χ1) is 10.8. The van der Waals surface area contributed by atoms with Crippen molar-refractivity contribution in [3.8, 4) is 0 Å². The molecular weight excluding hydrogens is 290 g/mol. The van der Waals surface area contributed by atoms with Gasteiger partial charge in [0, 0.05) is 17.7 Å². The van der Waals surface area contributed by atoms with Crippen molar-refractivity contribution < 1.29 is 14.3 Å². The largest absolute Gasteiger partial charge is 0.444 e. The van der Waals surface area contributed by atoms with E-state index in [2.05, 4.69) is 5.32 Å². The summed E-state index contributed by atoms with van der Waals surface area (Å²) < 4.78 is 5.18. The minimum atomic E-state index is -0.546. The number of nitrogens with one attached hydrogen (secondary N) is 1. The average molecular weight is 311 g/mol. The van der Waals surface area contributed by atoms with Crippen molar-refractivity contribution >= 4 is 17.6 Å². The van der Waals surface area contributed by atoms with Crippen molar-refractivity contribution in [2.24, 2.45) is 0 Å². The molecule has 0 saturated heterocycles. The maximum absolute atomic E-state index is 12.2. The van der Waals surface area contributed by atoms with Gasteiger partial charge in [-0.1, -0.05) is 30.3 Å². The molecular formula is C19H21NO3. The van der Waals surface area contributed by atoms with Gasteiger partial charge in [0.1, 0.15) is 5.60 Å². The molecule has 4 heteroatoms. The van der Waals surface area contributed by atoms with E-state index in [1.807, 2.05) is 30.3 Å². The zero-order valence-corrected chi connectivity index (χ0v) is 13.6. The molecule has 2 aromatic rings. The van der Waals surface area contributed by atoms with Gasteiger partial charge in [0.05, 0.1) is 0 Å². The van der Waals surface area contributed by atoms with Crippen LogP contribution in [0.25, 0.3) is 0 Å². The molecule has 2 aromatic carbocycles. The molecule has 0 aromatic heterocycles. The molecule has 2 rings (SSSR count). The highest BCUT2D eigenvalue weighted by Gasteiger charge is 2.16. The Morgan fingerprint density at radius 3 is 2.13 bits per heavy atom. The number of hydrogen-bond acceptors (Lipinski definition) is 3. The Morgan fingerprint density at radius 2 is 1.57 bits per heavy atom. The highest BCUT2D eigenvalue weighted by Crippen LogP contribution is 2.14. The second-order valence-electron chi connectivity index (χ2n) is 6.29. The average Bonchev–Trinajstić information content (AvgIpc) is 2.47. The number of rotatable bonds is 4. The van der Waals surface area contributed by atoms with E-state index >= 15 is 0 Å². The molecule has 0 heterocycles. The maximum atomic E-state index is 12.2. The molecule has 0 aliphatic heterocycles. The number of anilines is 1. The van der Waals surface area contributed by atoms with Gasteiger partial charge in [0.25, 0.3) is 0 Å². The Labute approximate surface area is 136 Å². The first-order valence-corrected chi connectivity index (χ1v) is 7.51. The van der Waals surface area contributed by atoms with Crippen LogP contribution >= 0.6 is 0 Å². The topological polar surface area (TPSA) is 55.4 Å². The lowest BCUT2D eigenvalue weighted by atomic mass is 10.0. The smallest absolute Gasteiger partial charge is 0.412 e. The Bertz CT molecular complexity index is 670. The molecule has 1 N–H and O–H groups in total. The van der Waals surface area contributed by atoms with Gasteiger partial charge < -0.3 is 4.74 Å². The Hall–Kier alpha value is -2.62. The van der Waals surface area contributed by atoms with Gasteiger partial charge in [0.2, 0.25) is 0 Å². The molecule has 0 saturated carbocycles. The lowest BCUT2D eigenvalue weighted by Gasteiger charge is -2.19. The molecule has 120 valence electrons. The van der Waals surface area contributed by atoms with Crippen LogP contribution in [0.1, 0.15) is 36.7 Å². The third-order valence-electron chi connectivity index (χ3n) is 3.06. The minimum absolute atomic E-state index is 0.0417. The molecule has 4 nitrogen and oxygen atoms in total. The molecule has 0 fully saturated rings. The van der Waals surface area contributed by atoms with E-state index in [1.165, 1.54) is 0 Å². The number of ether oxygens (including phenoxy) is 1. The van der Waals surface area contributed by atoms with Gasteiger partial charge in [-0.05, 0) is 50.6 Å². The van der Waals surface area contributed by atoms with Gasteiger partial charge in [-0.3, -0.25) is 10.1 Å². The van der Waals surface area contributed by atoms with E-state index in [4.69, 9.17) is 4.74 Å². The molecule has 0 atom stereocenters. The summed E-state index contributed by atoms with van der Waals surface area (Å²) >= 11 is 0. The standard InChI is InChI=1S/C19H21NO3/c1-19(2,3)23-18(22)20-16-11-9-15(10-12-16)17(21)13-14-7-5-4-6-8-14/h4-12H,13H2,1-3H3,(H,20,22). The van der Waals surface area contributed by atoms with E-state index in [0.717, 1.165) is 5.56 Å². The monoisotopic (exact) mass is 311 g/mol. The second-order valence-corrected chi connectivity index (χ2v) is 6.29. The number of carbonyl (C=O) groups excluding carboxylic acids is 2. The first-order valence-electron chi connectivity index (χ1n) is 7.51. The van der Waals surface area contributed by atoms with Gasteiger partial charge in [0.15, 0.2) is 5.78 Å². The zero-order chi connectivity index (χ0) is 16.9. The van der Waals surface area contributed by atoms with Crippen molar-refractivity contribution in [2.45, 2.75) is 32.8 Å². The summed E-state index contributed by atoms with van der Waals surface area (Å²) in [6.07, 6.45) is -0.152. The first kappa shape index (κ1) is 16.7. The number of hydrogen-bond donors (Lipinski definition) is 1. The van der Waals surface area contributed by atoms with Gasteiger partial charge in [-0.2, -0.15) is 0 Å². The Morgan fingerprint density at radius 1 is 0.957 bits per heavy atom. The number of Topliss-reactive ketones (excluding diaryl/α,β-unsaturated/α-hetero) is 1. The molecule has 23 heavy (non-hydrogen) atoms. The fourth-order valence-electron chi connectivity index (χ4n) is 2.04. The van der Waals surface area contributed by atoms with Crippen molar-refractivity contribution in [3.05, 3.63) is 65.7 Å². The summed E-state index contributed by atoms with van der Waals surface area (Å²) in [6.45, 7) is 5.41. The molecule has 0 aliphatic carbocycles. The molecule has 0 unspecified atom stereocenters. The Balaban J connectivity index is 1.96. The van der Waals surface area contributed by atoms with E-state index in [1.54, 1.807) is 45.0 Å². The van der Waals surface area contributed by atoms with Crippen LogP contribution < -0.4 is 5.32 Å². The van der Waals surface area contributed by atoms with Crippen LogP contribution in [0, 0.1) is 0 Å². The fourth-order valence-corrected chi connectivity index (χ4v) is 2.04. The summed E-state index contributed by atoms with van der Waals surface area (Å²) in [5.41, 5.74) is 1.64. The number of carbonyl (C=O) groups is 2. The van der Waals surface area contributed by atoms with Crippen LogP contribution in [0.2, 0.25) is 0 Å². The van der Waals surface area contributed by atoms with Gasteiger partial charge in [-0.15, -0.1) is 0 Å². The highest BCUT2D eigenvalue weighted by atomic mass is 16.6. The third kappa shape index (κ3) is 5.58. The fraction of sp³-hybridized carbons (Fsp3) is 0.263. The zero-order valence-electron chi connectivity index (χ0n) is 13.6. The van der Waals surface area contributed by atoms with Crippen LogP contribution in [0.15, 0.2) is 54.6 Å². The number of amides is 1. The van der Waals surface area contributed by atoms with Crippen LogP contribution in [0.3, 0.4) is 0 Å². The second kappa shape index (κ2) is 7.09. The summed E-state index contributed by atoms with van der Waals surface area (Å²) in [7, 11) is 0. The summed E-state index contributed by atoms with van der Waals surface area (Å²) in [6, 6.07) is 16.4. The predicted molar refractivity (Wildman–Crippen MR) is 90.8 cm³/mol. The van der Waals surface area contributed by atoms with Crippen LogP contribution in [-0.4, -0.2) is 17.5 Å². The molecule has 0 bridgehead atoms. The van der Waals surface area contributed by atoms with Crippen LogP contribution in [-0.2, 0) is 11.2 Å². The van der Waals surface area contributed by atoms with E-state index in [9.17, 15) is 9.59 Å². The van der Waals surface area contributed by atoms with Gasteiger partial charge >= 0.3 is 6.09 Å². The number of benzene rings is 2. The Kier molecular flexibility index (Phi) is 5.16. The van der Waals surface area contributed by atoms with E-state index in [0.29, 0.717) is 17.7 Å². The van der Waals surface area contributed by atoms with Crippen LogP contribution in [0.4, 0.5) is 10.5 Å². The number of ketones is 1. The maximum Gasteiger partial charge on any atom is 0.412 e. The van der Waals surface area contributed by atoms with Crippen LogP contribution in [0.5, 0.6) is 0 Å². The molecule has 0 radical (unpaired) electrons. The lowest BCUT2D eigenvalue weighted by molar-refractivity contribution is 0.0636. The summed E-state index contributed by atoms with van der Waals surface area (Å²) in [5, 5.41) is 2.64. The van der Waals surface area contributed by atoms with Crippen molar-refractivity contribution in [1.82, 2.24) is 0 Å².